The summed E-state index contributed by atoms with van der Waals surface area (Å²) in [7, 11) is -2.30. The van der Waals surface area contributed by atoms with Crippen LogP contribution in [-0.4, -0.2) is 38.9 Å². The zero-order valence-electron chi connectivity index (χ0n) is 14.8. The van der Waals surface area contributed by atoms with Crippen LogP contribution in [0.15, 0.2) is 45.8 Å². The van der Waals surface area contributed by atoms with Crippen molar-refractivity contribution in [1.29, 1.82) is 0 Å². The SMILES string of the molecule is CC(=O)OCC(N=O)c1cc(S(=O)(=O)N(C)CCc2ccc(F)cc2)cs1. The molecule has 0 amide bonds. The molecule has 0 aliphatic heterocycles. The Morgan fingerprint density at radius 3 is 2.59 bits per heavy atom. The number of carbonyl (C=O) groups excluding carboxylic acids is 1. The fraction of sp³-hybridized carbons (Fsp3) is 0.353. The lowest BCUT2D eigenvalue weighted by atomic mass is 10.1. The molecule has 146 valence electrons. The van der Waals surface area contributed by atoms with E-state index in [9.17, 15) is 22.5 Å². The van der Waals surface area contributed by atoms with E-state index < -0.39 is 22.0 Å². The van der Waals surface area contributed by atoms with E-state index in [4.69, 9.17) is 4.74 Å². The number of rotatable bonds is 9. The first kappa shape index (κ1) is 21.1. The van der Waals surface area contributed by atoms with Crippen molar-refractivity contribution in [2.75, 3.05) is 20.2 Å². The van der Waals surface area contributed by atoms with E-state index in [0.29, 0.717) is 11.3 Å². The fourth-order valence-electron chi connectivity index (χ4n) is 2.24. The van der Waals surface area contributed by atoms with Crippen LogP contribution in [0.4, 0.5) is 4.39 Å². The predicted molar refractivity (Wildman–Crippen MR) is 99.4 cm³/mol. The molecule has 1 aromatic heterocycles. The first-order valence-corrected chi connectivity index (χ1v) is 10.3. The van der Waals surface area contributed by atoms with Crippen LogP contribution in [0.3, 0.4) is 0 Å². The van der Waals surface area contributed by atoms with Gasteiger partial charge in [-0.3, -0.25) is 4.79 Å². The molecule has 0 radical (unpaired) electrons. The summed E-state index contributed by atoms with van der Waals surface area (Å²) in [5.74, 6) is -0.897. The number of thiophene rings is 1. The molecule has 0 bridgehead atoms. The number of nitrogens with zero attached hydrogens (tertiary/aromatic N) is 2. The van der Waals surface area contributed by atoms with Gasteiger partial charge in [0.05, 0.1) is 4.90 Å². The van der Waals surface area contributed by atoms with Crippen LogP contribution in [-0.2, 0) is 26.0 Å². The minimum absolute atomic E-state index is 0.0422. The van der Waals surface area contributed by atoms with Crippen LogP contribution in [0.5, 0.6) is 0 Å². The topological polar surface area (TPSA) is 93.1 Å². The first-order chi connectivity index (χ1) is 12.7. The lowest BCUT2D eigenvalue weighted by Gasteiger charge is -2.16. The number of hydrogen-bond acceptors (Lipinski definition) is 7. The van der Waals surface area contributed by atoms with Crippen molar-refractivity contribution in [3.63, 3.8) is 0 Å². The van der Waals surface area contributed by atoms with Gasteiger partial charge < -0.3 is 4.74 Å². The molecule has 2 rings (SSSR count). The van der Waals surface area contributed by atoms with Crippen LogP contribution < -0.4 is 0 Å². The molecule has 27 heavy (non-hydrogen) atoms. The molecule has 0 saturated carbocycles. The number of esters is 1. The highest BCUT2D eigenvalue weighted by molar-refractivity contribution is 7.89. The maximum atomic E-state index is 12.9. The van der Waals surface area contributed by atoms with Gasteiger partial charge in [0, 0.05) is 30.8 Å². The fourth-order valence-corrected chi connectivity index (χ4v) is 4.70. The molecule has 2 aromatic rings. The second kappa shape index (κ2) is 9.16. The largest absolute Gasteiger partial charge is 0.463 e. The van der Waals surface area contributed by atoms with Gasteiger partial charge in [0.1, 0.15) is 12.4 Å². The number of nitroso groups, excluding NO2 is 1. The van der Waals surface area contributed by atoms with E-state index in [1.165, 1.54) is 41.9 Å². The van der Waals surface area contributed by atoms with E-state index >= 15 is 0 Å². The van der Waals surface area contributed by atoms with Crippen molar-refractivity contribution in [3.05, 3.63) is 56.9 Å². The van der Waals surface area contributed by atoms with Crippen molar-refractivity contribution < 1.29 is 22.3 Å². The predicted octanol–water partition coefficient (Wildman–Crippen LogP) is 3.12. The number of ether oxygens (including phenoxy) is 1. The number of hydrogen-bond donors (Lipinski definition) is 0. The second-order valence-electron chi connectivity index (χ2n) is 5.81. The molecule has 0 spiro atoms. The van der Waals surface area contributed by atoms with Crippen LogP contribution >= 0.6 is 11.3 Å². The van der Waals surface area contributed by atoms with Crippen molar-refractivity contribution in [1.82, 2.24) is 4.31 Å². The van der Waals surface area contributed by atoms with E-state index in [1.54, 1.807) is 12.1 Å². The molecule has 1 heterocycles. The average Bonchev–Trinajstić information content (AvgIpc) is 3.12. The molecule has 1 unspecified atom stereocenters. The summed E-state index contributed by atoms with van der Waals surface area (Å²) in [5.41, 5.74) is 0.816. The van der Waals surface area contributed by atoms with Gasteiger partial charge in [-0.05, 0) is 30.2 Å². The van der Waals surface area contributed by atoms with Crippen LogP contribution in [0.1, 0.15) is 23.4 Å². The number of sulfonamides is 1. The van der Waals surface area contributed by atoms with Gasteiger partial charge in [0.25, 0.3) is 0 Å². The number of halogens is 1. The third kappa shape index (κ3) is 5.65. The monoisotopic (exact) mass is 414 g/mol. The highest BCUT2D eigenvalue weighted by Gasteiger charge is 2.25. The van der Waals surface area contributed by atoms with E-state index in [2.05, 4.69) is 5.18 Å². The molecule has 10 heteroatoms. The molecule has 0 N–H and O–H groups in total. The minimum atomic E-state index is -3.75. The highest BCUT2D eigenvalue weighted by Crippen LogP contribution is 2.29. The lowest BCUT2D eigenvalue weighted by Crippen LogP contribution is -2.28. The van der Waals surface area contributed by atoms with Gasteiger partial charge in [-0.15, -0.1) is 16.2 Å². The van der Waals surface area contributed by atoms with Gasteiger partial charge >= 0.3 is 5.97 Å². The Balaban J connectivity index is 2.06. The van der Waals surface area contributed by atoms with Gasteiger partial charge in [-0.25, -0.2) is 17.1 Å². The summed E-state index contributed by atoms with van der Waals surface area (Å²) in [6.45, 7) is 1.18. The van der Waals surface area contributed by atoms with Gasteiger partial charge in [-0.1, -0.05) is 17.3 Å². The van der Waals surface area contributed by atoms with Crippen LogP contribution in [0.2, 0.25) is 0 Å². The quantitative estimate of drug-likeness (QED) is 0.464. The minimum Gasteiger partial charge on any atom is -0.463 e. The maximum absolute atomic E-state index is 12.9. The highest BCUT2D eigenvalue weighted by atomic mass is 32.2. The Bertz CT molecular complexity index is 896. The molecular weight excluding hydrogens is 395 g/mol. The number of carbonyl (C=O) groups is 1. The van der Waals surface area contributed by atoms with Gasteiger partial charge in [0.2, 0.25) is 10.0 Å². The summed E-state index contributed by atoms with van der Waals surface area (Å²) in [6.07, 6.45) is 0.429. The molecule has 0 fully saturated rings. The van der Waals surface area contributed by atoms with Crippen molar-refractivity contribution >= 4 is 27.3 Å². The Kier molecular flexibility index (Phi) is 7.17. The molecule has 0 aliphatic rings. The standard InChI is InChI=1S/C17H19FN2O5S2/c1-12(21)25-10-16(19-22)17-9-15(11-26-17)27(23,24)20(2)8-7-13-3-5-14(18)6-4-13/h3-6,9,11,16H,7-8,10H2,1-2H3. The van der Waals surface area contributed by atoms with Gasteiger partial charge in [0.15, 0.2) is 6.04 Å². The maximum Gasteiger partial charge on any atom is 0.302 e. The Morgan fingerprint density at radius 1 is 1.33 bits per heavy atom. The van der Waals surface area contributed by atoms with Crippen LogP contribution in [0.25, 0.3) is 0 Å². The smallest absolute Gasteiger partial charge is 0.302 e. The van der Waals surface area contributed by atoms with Crippen LogP contribution in [0, 0.1) is 10.7 Å². The molecule has 0 aliphatic carbocycles. The third-order valence-corrected chi connectivity index (χ3v) is 6.85. The first-order valence-electron chi connectivity index (χ1n) is 7.99. The number of benzene rings is 1. The Hall–Kier alpha value is -2.17. The molecule has 1 aromatic carbocycles. The van der Waals surface area contributed by atoms with E-state index in [0.717, 1.165) is 16.9 Å². The van der Waals surface area contributed by atoms with Crippen molar-refractivity contribution in [2.45, 2.75) is 24.3 Å². The molecular formula is C17H19FN2O5S2. The summed E-state index contributed by atoms with van der Waals surface area (Å²) in [4.78, 5) is 22.3. The summed E-state index contributed by atoms with van der Waals surface area (Å²) in [5, 5.41) is 4.32. The lowest BCUT2D eigenvalue weighted by molar-refractivity contribution is -0.141. The second-order valence-corrected chi connectivity index (χ2v) is 8.80. The van der Waals surface area contributed by atoms with Crippen molar-refractivity contribution in [3.8, 4) is 0 Å². The average molecular weight is 414 g/mol. The molecule has 1 atom stereocenters. The summed E-state index contributed by atoms with van der Waals surface area (Å²) in [6, 6.07) is 6.27. The normalized spacial score (nSPS) is 12.7. The summed E-state index contributed by atoms with van der Waals surface area (Å²) < 4.78 is 44.2. The van der Waals surface area contributed by atoms with E-state index in [-0.39, 0.29) is 23.9 Å². The molecule has 7 nitrogen and oxygen atoms in total. The van der Waals surface area contributed by atoms with E-state index in [1.807, 2.05) is 0 Å². The van der Waals surface area contributed by atoms with Crippen molar-refractivity contribution in [2.24, 2.45) is 5.18 Å². The third-order valence-electron chi connectivity index (χ3n) is 3.83. The summed E-state index contributed by atoms with van der Waals surface area (Å²) >= 11 is 1.06. The Labute approximate surface area is 160 Å². The zero-order chi connectivity index (χ0) is 20.0. The molecule has 0 saturated heterocycles. The number of likely N-dealkylation sites (N-methyl/N-ethyl adjacent to an activating group) is 1. The zero-order valence-corrected chi connectivity index (χ0v) is 16.4. The van der Waals surface area contributed by atoms with Gasteiger partial charge in [-0.2, -0.15) is 0 Å². The Morgan fingerprint density at radius 2 is 2.00 bits per heavy atom.